The van der Waals surface area contributed by atoms with Crippen molar-refractivity contribution in [2.24, 2.45) is 11.8 Å². The zero-order valence-electron chi connectivity index (χ0n) is 24.4. The van der Waals surface area contributed by atoms with Crippen LogP contribution in [0, 0.1) is 17.7 Å². The first-order chi connectivity index (χ1) is 20.5. The highest BCUT2D eigenvalue weighted by Crippen LogP contribution is 2.32. The Bertz CT molecular complexity index is 1490. The van der Waals surface area contributed by atoms with Gasteiger partial charge < -0.3 is 5.32 Å². The molecule has 1 heterocycles. The Hall–Kier alpha value is -3.17. The lowest BCUT2D eigenvalue weighted by Crippen LogP contribution is -2.35. The maximum atomic E-state index is 13.4. The molecule has 1 aliphatic heterocycles. The van der Waals surface area contributed by atoms with Crippen LogP contribution >= 0.6 is 0 Å². The van der Waals surface area contributed by atoms with Crippen LogP contribution in [0.5, 0.6) is 0 Å². The van der Waals surface area contributed by atoms with E-state index in [-0.39, 0.29) is 48.3 Å². The molecule has 3 aromatic rings. The normalized spacial score (nSPS) is 21.4. The van der Waals surface area contributed by atoms with E-state index in [1.807, 2.05) is 43.3 Å². The van der Waals surface area contributed by atoms with Crippen LogP contribution in [-0.2, 0) is 21.1 Å². The third kappa shape index (κ3) is 8.26. The average Bonchev–Trinajstić information content (AvgIpc) is 3.35. The summed E-state index contributed by atoms with van der Waals surface area (Å²) in [4.78, 5) is 14.9. The van der Waals surface area contributed by atoms with Gasteiger partial charge in [0.05, 0.1) is 23.2 Å². The molecule has 0 aromatic heterocycles. The Kier molecular flexibility index (Phi) is 9.61. The lowest BCUT2D eigenvalue weighted by Gasteiger charge is -2.28. The molecule has 5 nitrogen and oxygen atoms in total. The molecule has 0 radical (unpaired) electrons. The summed E-state index contributed by atoms with van der Waals surface area (Å²) in [6.45, 7) is 2.73. The number of hydrogen-bond acceptors (Lipinski definition) is 4. The molecule has 5 rings (SSSR count). The summed E-state index contributed by atoms with van der Waals surface area (Å²) in [6, 6.07) is 20.7. The topological polar surface area (TPSA) is 66.5 Å². The quantitative estimate of drug-likeness (QED) is 0.273. The van der Waals surface area contributed by atoms with Crippen LogP contribution in [0.3, 0.4) is 0 Å². The van der Waals surface area contributed by atoms with Gasteiger partial charge in [0.2, 0.25) is 5.91 Å². The summed E-state index contributed by atoms with van der Waals surface area (Å²) < 4.78 is 66.4. The first-order valence-electron chi connectivity index (χ1n) is 15.1. The van der Waals surface area contributed by atoms with Gasteiger partial charge >= 0.3 is 0 Å². The van der Waals surface area contributed by atoms with Crippen molar-refractivity contribution in [1.82, 2.24) is 10.2 Å². The van der Waals surface area contributed by atoms with Crippen LogP contribution < -0.4 is 5.32 Å². The molecule has 9 heteroatoms. The highest BCUT2D eigenvalue weighted by molar-refractivity contribution is 7.91. The van der Waals surface area contributed by atoms with Gasteiger partial charge in [0, 0.05) is 25.4 Å². The molecule has 43 heavy (non-hydrogen) atoms. The largest absolute Gasteiger partial charge is 0.349 e. The highest BCUT2D eigenvalue weighted by Gasteiger charge is 2.37. The summed E-state index contributed by atoms with van der Waals surface area (Å²) in [5, 5.41) is 3.01. The van der Waals surface area contributed by atoms with Gasteiger partial charge in [-0.3, -0.25) is 9.69 Å². The Morgan fingerprint density at radius 3 is 2.12 bits per heavy atom. The predicted molar refractivity (Wildman–Crippen MR) is 162 cm³/mol. The smallest absolute Gasteiger partial charge is 0.261 e. The number of nitrogens with one attached hydrogen (secondary N) is 1. The monoisotopic (exact) mass is 612 g/mol. The minimum atomic E-state index is -3.47. The zero-order chi connectivity index (χ0) is 30.6. The number of nitrogens with zero attached hydrogens (tertiary/aromatic N) is 1. The molecule has 1 saturated heterocycles. The molecule has 230 valence electrons. The number of hydrogen-bond donors (Lipinski definition) is 1. The number of rotatable bonds is 10. The third-order valence-corrected chi connectivity index (χ3v) is 10.8. The van der Waals surface area contributed by atoms with Gasteiger partial charge in [-0.05, 0) is 91.5 Å². The van der Waals surface area contributed by atoms with Gasteiger partial charge in [0.15, 0.2) is 9.84 Å². The Balaban J connectivity index is 1.09. The molecule has 0 bridgehead atoms. The molecule has 1 aliphatic carbocycles. The van der Waals surface area contributed by atoms with Gasteiger partial charge in [-0.2, -0.15) is 0 Å². The van der Waals surface area contributed by atoms with E-state index in [2.05, 4.69) is 5.32 Å². The molecule has 1 amide bonds. The molecule has 0 unspecified atom stereocenters. The SMILES string of the molecule is C[C@@H](NC(=O)C1CCC(CS(=O)(=O)c2ccc(-c3ccc(CCN4CCC(F)(F)C4)cc3)cc2)CC1)c1ccc(F)cc1. The minimum Gasteiger partial charge on any atom is -0.349 e. The molecule has 0 spiro atoms. The first-order valence-corrected chi connectivity index (χ1v) is 16.7. The van der Waals surface area contributed by atoms with Crippen molar-refractivity contribution >= 4 is 15.7 Å². The number of carbonyl (C=O) groups is 1. The maximum absolute atomic E-state index is 13.4. The Morgan fingerprint density at radius 2 is 1.53 bits per heavy atom. The zero-order valence-corrected chi connectivity index (χ0v) is 25.3. The average molecular weight is 613 g/mol. The Morgan fingerprint density at radius 1 is 0.930 bits per heavy atom. The number of halogens is 3. The van der Waals surface area contributed by atoms with E-state index in [0.29, 0.717) is 50.1 Å². The summed E-state index contributed by atoms with van der Waals surface area (Å²) in [7, 11) is -3.47. The van der Waals surface area contributed by atoms with Crippen molar-refractivity contribution in [3.63, 3.8) is 0 Å². The van der Waals surface area contributed by atoms with E-state index in [4.69, 9.17) is 0 Å². The summed E-state index contributed by atoms with van der Waals surface area (Å²) in [5.74, 6) is -3.03. The predicted octanol–water partition coefficient (Wildman–Crippen LogP) is 6.83. The van der Waals surface area contributed by atoms with Crippen LogP contribution in [0.4, 0.5) is 13.2 Å². The van der Waals surface area contributed by atoms with E-state index < -0.39 is 15.8 Å². The van der Waals surface area contributed by atoms with Gasteiger partial charge in [-0.25, -0.2) is 21.6 Å². The van der Waals surface area contributed by atoms with E-state index in [9.17, 15) is 26.4 Å². The molecule has 1 atom stereocenters. The highest BCUT2D eigenvalue weighted by atomic mass is 32.2. The standard InChI is InChI=1S/C34H39F3N2O3S/c1-24(27-10-14-31(35)15-11-27)38-33(40)30-8-4-26(5-9-30)22-43(41,42)32-16-12-29(13-17-32)28-6-2-25(3-7-28)18-20-39-21-19-34(36,37)23-39/h2-3,6-7,10-17,24,26,30H,4-5,8-9,18-23H2,1H3,(H,38,40)/t24-,26?,30?/m1/s1. The third-order valence-electron chi connectivity index (χ3n) is 8.87. The molecule has 2 fully saturated rings. The summed E-state index contributed by atoms with van der Waals surface area (Å²) >= 11 is 0. The van der Waals surface area contributed by atoms with Crippen LogP contribution in [0.2, 0.25) is 0 Å². The van der Waals surface area contributed by atoms with Crippen LogP contribution in [-0.4, -0.2) is 50.5 Å². The fourth-order valence-corrected chi connectivity index (χ4v) is 7.86. The number of sulfone groups is 1. The van der Waals surface area contributed by atoms with E-state index in [1.165, 1.54) is 12.1 Å². The van der Waals surface area contributed by atoms with Crippen LogP contribution in [0.25, 0.3) is 11.1 Å². The van der Waals surface area contributed by atoms with E-state index >= 15 is 0 Å². The number of amides is 1. The summed E-state index contributed by atoms with van der Waals surface area (Å²) in [6.07, 6.45) is 3.26. The summed E-state index contributed by atoms with van der Waals surface area (Å²) in [5.41, 5.74) is 3.78. The van der Waals surface area contributed by atoms with E-state index in [1.54, 1.807) is 29.2 Å². The fraction of sp³-hybridized carbons (Fsp3) is 0.441. The molecular weight excluding hydrogens is 573 g/mol. The molecule has 1 saturated carbocycles. The van der Waals surface area contributed by atoms with Crippen molar-refractivity contribution in [3.8, 4) is 11.1 Å². The number of likely N-dealkylation sites (tertiary alicyclic amines) is 1. The van der Waals surface area contributed by atoms with Crippen molar-refractivity contribution in [3.05, 3.63) is 89.7 Å². The van der Waals surface area contributed by atoms with Crippen molar-refractivity contribution in [2.75, 3.05) is 25.4 Å². The molecule has 3 aromatic carbocycles. The van der Waals surface area contributed by atoms with Gasteiger partial charge in [-0.15, -0.1) is 0 Å². The van der Waals surface area contributed by atoms with Crippen LogP contribution in [0.15, 0.2) is 77.7 Å². The van der Waals surface area contributed by atoms with Gasteiger partial charge in [0.25, 0.3) is 5.92 Å². The molecule has 2 aliphatic rings. The Labute approximate surface area is 252 Å². The number of carbonyl (C=O) groups excluding carboxylic acids is 1. The lowest BCUT2D eigenvalue weighted by atomic mass is 9.82. The first kappa shape index (κ1) is 31.3. The second kappa shape index (κ2) is 13.2. The second-order valence-electron chi connectivity index (χ2n) is 12.1. The van der Waals surface area contributed by atoms with E-state index in [0.717, 1.165) is 22.3 Å². The van der Waals surface area contributed by atoms with Crippen molar-refractivity contribution < 1.29 is 26.4 Å². The van der Waals surface area contributed by atoms with Gasteiger partial charge in [-0.1, -0.05) is 48.5 Å². The molecular formula is C34H39F3N2O3S. The van der Waals surface area contributed by atoms with Crippen molar-refractivity contribution in [2.45, 2.75) is 62.3 Å². The number of alkyl halides is 2. The van der Waals surface area contributed by atoms with Gasteiger partial charge in [0.1, 0.15) is 5.82 Å². The maximum Gasteiger partial charge on any atom is 0.261 e. The fourth-order valence-electron chi connectivity index (χ4n) is 6.17. The number of benzene rings is 3. The molecule has 1 N–H and O–H groups in total. The minimum absolute atomic E-state index is 0.00239. The lowest BCUT2D eigenvalue weighted by molar-refractivity contribution is -0.126. The van der Waals surface area contributed by atoms with Crippen molar-refractivity contribution in [1.29, 1.82) is 0 Å². The van der Waals surface area contributed by atoms with Crippen LogP contribution in [0.1, 0.15) is 56.2 Å². The second-order valence-corrected chi connectivity index (χ2v) is 14.2.